The third-order valence-electron chi connectivity index (χ3n) is 4.89. The number of carbonyl (C=O) groups is 3. The fourth-order valence-corrected chi connectivity index (χ4v) is 5.28. The Kier molecular flexibility index (Phi) is 4.24. The molecule has 0 spiro atoms. The Morgan fingerprint density at radius 1 is 1.52 bits per heavy atom. The van der Waals surface area contributed by atoms with E-state index < -0.39 is 18.0 Å². The number of carboxylic acid groups (broad SMARTS) is 1. The quantitative estimate of drug-likeness (QED) is 0.470. The minimum absolute atomic E-state index is 0.0453. The highest BCUT2D eigenvalue weighted by Gasteiger charge is 2.60. The van der Waals surface area contributed by atoms with Crippen molar-refractivity contribution in [2.45, 2.75) is 43.7 Å². The third-order valence-corrected chi connectivity index (χ3v) is 6.41. The third kappa shape index (κ3) is 2.49. The lowest BCUT2D eigenvalue weighted by Gasteiger charge is -2.46. The molecule has 8 heteroatoms. The van der Waals surface area contributed by atoms with Crippen molar-refractivity contribution >= 4 is 29.9 Å². The van der Waals surface area contributed by atoms with Crippen LogP contribution < -0.4 is 5.32 Å². The lowest BCUT2D eigenvalue weighted by Crippen LogP contribution is -2.63. The topological polar surface area (TPSA) is 107 Å². The molecular formula is C15H20N2O5S. The van der Waals surface area contributed by atoms with E-state index in [4.69, 9.17) is 0 Å². The second-order valence-corrected chi connectivity index (χ2v) is 7.74. The highest BCUT2D eigenvalue weighted by Crippen LogP contribution is 2.51. The van der Waals surface area contributed by atoms with E-state index in [1.807, 2.05) is 6.92 Å². The number of hydrogen-bond donors (Lipinski definition) is 3. The van der Waals surface area contributed by atoms with E-state index in [1.165, 1.54) is 16.7 Å². The maximum atomic E-state index is 12.2. The Labute approximate surface area is 138 Å². The molecule has 6 atom stereocenters. The second-order valence-electron chi connectivity index (χ2n) is 6.40. The van der Waals surface area contributed by atoms with Crippen LogP contribution in [-0.2, 0) is 14.4 Å². The first-order chi connectivity index (χ1) is 10.9. The van der Waals surface area contributed by atoms with Crippen molar-refractivity contribution in [2.24, 2.45) is 11.8 Å². The zero-order valence-corrected chi connectivity index (χ0v) is 13.7. The van der Waals surface area contributed by atoms with Gasteiger partial charge in [0.2, 0.25) is 5.91 Å². The zero-order chi connectivity index (χ0) is 16.9. The molecule has 126 valence electrons. The molecule has 0 aromatic carbocycles. The highest BCUT2D eigenvalue weighted by molar-refractivity contribution is 8.03. The van der Waals surface area contributed by atoms with Gasteiger partial charge in [0, 0.05) is 22.6 Å². The van der Waals surface area contributed by atoms with Crippen LogP contribution in [0.25, 0.3) is 0 Å². The molecule has 3 rings (SSSR count). The lowest BCUT2D eigenvalue weighted by molar-refractivity contribution is -0.163. The van der Waals surface area contributed by atoms with Gasteiger partial charge in [0.1, 0.15) is 12.0 Å². The maximum absolute atomic E-state index is 12.2. The number of aliphatic carboxylic acids is 1. The predicted octanol–water partition coefficient (Wildman–Crippen LogP) is -0.197. The monoisotopic (exact) mass is 340 g/mol. The molecule has 3 aliphatic heterocycles. The van der Waals surface area contributed by atoms with Gasteiger partial charge in [-0.1, -0.05) is 6.92 Å². The van der Waals surface area contributed by atoms with Gasteiger partial charge in [-0.3, -0.25) is 4.79 Å². The summed E-state index contributed by atoms with van der Waals surface area (Å²) in [6, 6.07) is -0.478. The van der Waals surface area contributed by atoms with Crippen molar-refractivity contribution in [3.05, 3.63) is 10.6 Å². The number of aliphatic hydroxyl groups is 1. The summed E-state index contributed by atoms with van der Waals surface area (Å²) in [7, 11) is 0. The van der Waals surface area contributed by atoms with Crippen molar-refractivity contribution in [3.63, 3.8) is 0 Å². The zero-order valence-electron chi connectivity index (χ0n) is 12.9. The van der Waals surface area contributed by atoms with Gasteiger partial charge in [0.05, 0.1) is 24.1 Å². The van der Waals surface area contributed by atoms with E-state index in [9.17, 15) is 24.6 Å². The van der Waals surface area contributed by atoms with Gasteiger partial charge >= 0.3 is 5.97 Å². The molecule has 3 heterocycles. The number of rotatable bonds is 5. The van der Waals surface area contributed by atoms with Gasteiger partial charge in [-0.2, -0.15) is 0 Å². The summed E-state index contributed by atoms with van der Waals surface area (Å²) >= 11 is 1.44. The van der Waals surface area contributed by atoms with E-state index in [1.54, 1.807) is 6.92 Å². The van der Waals surface area contributed by atoms with Crippen LogP contribution in [0.4, 0.5) is 0 Å². The molecule has 1 amide bonds. The number of thioether (sulfide) groups is 1. The molecule has 0 saturated carbocycles. The van der Waals surface area contributed by atoms with Crippen LogP contribution in [0.5, 0.6) is 0 Å². The second kappa shape index (κ2) is 5.92. The van der Waals surface area contributed by atoms with Gasteiger partial charge in [-0.05, 0) is 13.3 Å². The van der Waals surface area contributed by atoms with Gasteiger partial charge in [0.25, 0.3) is 0 Å². The molecule has 3 N–H and O–H groups in total. The fraction of sp³-hybridized carbons (Fsp3) is 0.667. The maximum Gasteiger partial charge on any atom is 0.353 e. The number of β-lactam (4-membered cyclic amide) rings is 1. The van der Waals surface area contributed by atoms with Crippen LogP contribution in [0.1, 0.15) is 20.3 Å². The highest BCUT2D eigenvalue weighted by atomic mass is 32.2. The molecule has 0 radical (unpaired) electrons. The number of hydrogen-bond acceptors (Lipinski definition) is 6. The molecule has 3 aliphatic rings. The molecule has 2 saturated heterocycles. The van der Waals surface area contributed by atoms with Crippen molar-refractivity contribution in [1.82, 2.24) is 10.2 Å². The number of nitrogens with zero attached hydrogens (tertiary/aromatic N) is 1. The summed E-state index contributed by atoms with van der Waals surface area (Å²) in [6.07, 6.45) is 0.722. The Bertz CT molecular complexity index is 590. The standard InChI is InChI=1S/C15H20N2O5S/c1-6-11-10(7(2)19)14(20)17(11)12(15(21)22)13(6)23-9-3-8(5-18)16-4-9/h5-11,16,19H,3-4H2,1-2H3,(H,21,22)/t6-,7-,8+,9+,10-,11-/m1/s1. The summed E-state index contributed by atoms with van der Waals surface area (Å²) < 4.78 is 0. The van der Waals surface area contributed by atoms with E-state index in [2.05, 4.69) is 5.32 Å². The van der Waals surface area contributed by atoms with Crippen LogP contribution in [-0.4, -0.2) is 63.3 Å². The van der Waals surface area contributed by atoms with Gasteiger partial charge in [-0.25, -0.2) is 4.79 Å². The van der Waals surface area contributed by atoms with Crippen molar-refractivity contribution < 1.29 is 24.6 Å². The number of nitrogens with one attached hydrogen (secondary N) is 1. The number of carbonyl (C=O) groups excluding carboxylic acids is 2. The molecule has 0 aromatic rings. The molecule has 2 fully saturated rings. The number of fused-ring (bicyclic) bond motifs is 1. The van der Waals surface area contributed by atoms with Crippen LogP contribution in [0, 0.1) is 11.8 Å². The molecule has 7 nitrogen and oxygen atoms in total. The molecular weight excluding hydrogens is 320 g/mol. The van der Waals surface area contributed by atoms with Gasteiger partial charge in [0.15, 0.2) is 0 Å². The van der Waals surface area contributed by atoms with Crippen LogP contribution >= 0.6 is 11.8 Å². The fourth-order valence-electron chi connectivity index (χ4n) is 3.78. The molecule has 23 heavy (non-hydrogen) atoms. The smallest absolute Gasteiger partial charge is 0.353 e. The SMILES string of the molecule is C[C@@H](O)[C@H]1C(=O)N2C(C(=O)O)=C(S[C@@H]3CN[C@H](C=O)C3)[C@H](C)[C@H]12. The van der Waals surface area contributed by atoms with Crippen LogP contribution in [0.15, 0.2) is 10.6 Å². The van der Waals surface area contributed by atoms with Gasteiger partial charge in [-0.15, -0.1) is 11.8 Å². The largest absolute Gasteiger partial charge is 0.477 e. The minimum Gasteiger partial charge on any atom is -0.477 e. The Hall–Kier alpha value is -1.38. The first-order valence-corrected chi connectivity index (χ1v) is 8.58. The normalized spacial score (nSPS) is 37.6. The summed E-state index contributed by atoms with van der Waals surface area (Å²) in [5.74, 6) is -2.10. The molecule has 0 aliphatic carbocycles. The van der Waals surface area contributed by atoms with Gasteiger partial charge < -0.3 is 25.2 Å². The first-order valence-electron chi connectivity index (χ1n) is 7.70. The Morgan fingerprint density at radius 3 is 2.74 bits per heavy atom. The number of carboxylic acids is 1. The van der Waals surface area contributed by atoms with Crippen LogP contribution in [0.3, 0.4) is 0 Å². The van der Waals surface area contributed by atoms with Crippen molar-refractivity contribution in [2.75, 3.05) is 6.54 Å². The Morgan fingerprint density at radius 2 is 2.22 bits per heavy atom. The van der Waals surface area contributed by atoms with E-state index in [0.717, 1.165) is 6.29 Å². The van der Waals surface area contributed by atoms with E-state index in [-0.39, 0.29) is 34.9 Å². The minimum atomic E-state index is -1.11. The Balaban J connectivity index is 1.85. The summed E-state index contributed by atoms with van der Waals surface area (Å²) in [5, 5.41) is 22.5. The average molecular weight is 340 g/mol. The van der Waals surface area contributed by atoms with Crippen LogP contribution in [0.2, 0.25) is 0 Å². The summed E-state index contributed by atoms with van der Waals surface area (Å²) in [4.78, 5) is 36.7. The predicted molar refractivity (Wildman–Crippen MR) is 83.5 cm³/mol. The average Bonchev–Trinajstić information content (AvgIpc) is 3.02. The summed E-state index contributed by atoms with van der Waals surface area (Å²) in [5.41, 5.74) is 0.0453. The molecule has 0 unspecified atom stereocenters. The van der Waals surface area contributed by atoms with Crippen molar-refractivity contribution in [3.8, 4) is 0 Å². The van der Waals surface area contributed by atoms with E-state index >= 15 is 0 Å². The first kappa shape index (κ1) is 16.5. The number of aldehydes is 1. The number of amides is 1. The molecule has 0 aromatic heterocycles. The van der Waals surface area contributed by atoms with Crippen molar-refractivity contribution in [1.29, 1.82) is 0 Å². The lowest BCUT2D eigenvalue weighted by atomic mass is 9.79. The molecule has 0 bridgehead atoms. The number of aliphatic hydroxyl groups excluding tert-OH is 1. The summed E-state index contributed by atoms with van der Waals surface area (Å²) in [6.45, 7) is 4.10. The van der Waals surface area contributed by atoms with E-state index in [0.29, 0.717) is 17.9 Å².